The molecule has 1 rings (SSSR count). The molecule has 5 nitrogen and oxygen atoms in total. The highest BCUT2D eigenvalue weighted by molar-refractivity contribution is 5.66. The maximum atomic E-state index is 10.8. The number of methoxy groups -OCH3 is 1. The SMILES string of the molecule is COC(=O)NCCCCN1CCN(C)CC1. The van der Waals surface area contributed by atoms with Gasteiger partial charge in [0.2, 0.25) is 0 Å². The van der Waals surface area contributed by atoms with Crippen molar-refractivity contribution < 1.29 is 9.53 Å². The van der Waals surface area contributed by atoms with Gasteiger partial charge in [0.25, 0.3) is 0 Å². The number of hydrogen-bond donors (Lipinski definition) is 1. The van der Waals surface area contributed by atoms with E-state index in [1.807, 2.05) is 0 Å². The first-order chi connectivity index (χ1) is 7.72. The maximum absolute atomic E-state index is 10.8. The standard InChI is InChI=1S/C11H23N3O2/c1-13-7-9-14(10-8-13)6-4-3-5-12-11(15)16-2/h3-10H2,1-2H3,(H,12,15). The van der Waals surface area contributed by atoms with Crippen molar-refractivity contribution in [1.82, 2.24) is 15.1 Å². The van der Waals surface area contributed by atoms with Crippen molar-refractivity contribution in [3.63, 3.8) is 0 Å². The molecule has 0 aromatic carbocycles. The topological polar surface area (TPSA) is 44.8 Å². The van der Waals surface area contributed by atoms with Crippen molar-refractivity contribution in [2.24, 2.45) is 0 Å². The van der Waals surface area contributed by atoms with E-state index in [0.717, 1.165) is 19.4 Å². The smallest absolute Gasteiger partial charge is 0.406 e. The molecule has 0 aliphatic carbocycles. The summed E-state index contributed by atoms with van der Waals surface area (Å²) in [5.41, 5.74) is 0. The van der Waals surface area contributed by atoms with Gasteiger partial charge in [-0.1, -0.05) is 0 Å². The minimum atomic E-state index is -0.334. The zero-order valence-corrected chi connectivity index (χ0v) is 10.4. The summed E-state index contributed by atoms with van der Waals surface area (Å²) in [6.45, 7) is 6.51. The summed E-state index contributed by atoms with van der Waals surface area (Å²) in [7, 11) is 3.55. The summed E-state index contributed by atoms with van der Waals surface area (Å²) in [5.74, 6) is 0. The van der Waals surface area contributed by atoms with Gasteiger partial charge < -0.3 is 19.9 Å². The van der Waals surface area contributed by atoms with Gasteiger partial charge in [0.05, 0.1) is 7.11 Å². The molecule has 0 unspecified atom stereocenters. The van der Waals surface area contributed by atoms with Crippen LogP contribution in [0.25, 0.3) is 0 Å². The molecule has 1 aliphatic rings. The zero-order valence-electron chi connectivity index (χ0n) is 10.4. The Kier molecular flexibility index (Phi) is 6.18. The minimum absolute atomic E-state index is 0.334. The molecule has 0 aromatic rings. The molecule has 1 saturated heterocycles. The van der Waals surface area contributed by atoms with Gasteiger partial charge in [-0.25, -0.2) is 4.79 Å². The molecule has 16 heavy (non-hydrogen) atoms. The van der Waals surface area contributed by atoms with Crippen LogP contribution in [0.4, 0.5) is 4.79 Å². The van der Waals surface area contributed by atoms with Crippen LogP contribution in [-0.2, 0) is 4.74 Å². The van der Waals surface area contributed by atoms with Crippen LogP contribution in [0.15, 0.2) is 0 Å². The van der Waals surface area contributed by atoms with Crippen LogP contribution in [0, 0.1) is 0 Å². The molecule has 0 aromatic heterocycles. The quantitative estimate of drug-likeness (QED) is 0.692. The molecule has 5 heteroatoms. The van der Waals surface area contributed by atoms with Gasteiger partial charge in [-0.3, -0.25) is 0 Å². The highest BCUT2D eigenvalue weighted by Gasteiger charge is 2.12. The molecule has 0 atom stereocenters. The molecular formula is C11H23N3O2. The van der Waals surface area contributed by atoms with Crippen LogP contribution in [0.1, 0.15) is 12.8 Å². The Balaban J connectivity index is 1.93. The number of piperazine rings is 1. The van der Waals surface area contributed by atoms with Gasteiger partial charge in [0.15, 0.2) is 0 Å². The average molecular weight is 229 g/mol. The molecule has 1 aliphatic heterocycles. The Labute approximate surface area is 97.7 Å². The Morgan fingerprint density at radius 2 is 1.94 bits per heavy atom. The third-order valence-electron chi connectivity index (χ3n) is 2.95. The Morgan fingerprint density at radius 1 is 1.25 bits per heavy atom. The fourth-order valence-corrected chi connectivity index (χ4v) is 1.79. The molecule has 1 N–H and O–H groups in total. The van der Waals surface area contributed by atoms with Crippen molar-refractivity contribution >= 4 is 6.09 Å². The largest absolute Gasteiger partial charge is 0.453 e. The number of rotatable bonds is 5. The summed E-state index contributed by atoms with van der Waals surface area (Å²) >= 11 is 0. The second-order valence-corrected chi connectivity index (χ2v) is 4.27. The minimum Gasteiger partial charge on any atom is -0.453 e. The molecule has 94 valence electrons. The van der Waals surface area contributed by atoms with E-state index in [4.69, 9.17) is 0 Å². The second-order valence-electron chi connectivity index (χ2n) is 4.27. The highest BCUT2D eigenvalue weighted by Crippen LogP contribution is 2.01. The predicted octanol–water partition coefficient (Wildman–Crippen LogP) is 0.370. The number of likely N-dealkylation sites (N-methyl/N-ethyl adjacent to an activating group) is 1. The van der Waals surface area contributed by atoms with Crippen LogP contribution in [-0.4, -0.2) is 69.3 Å². The fraction of sp³-hybridized carbons (Fsp3) is 0.909. The highest BCUT2D eigenvalue weighted by atomic mass is 16.5. The Hall–Kier alpha value is -0.810. The number of carbonyl (C=O) groups excluding carboxylic acids is 1. The molecular weight excluding hydrogens is 206 g/mol. The molecule has 0 radical (unpaired) electrons. The average Bonchev–Trinajstić information content (AvgIpc) is 2.31. The number of nitrogens with one attached hydrogen (secondary N) is 1. The van der Waals surface area contributed by atoms with Crippen LogP contribution < -0.4 is 5.32 Å². The van der Waals surface area contributed by atoms with E-state index in [9.17, 15) is 4.79 Å². The summed E-state index contributed by atoms with van der Waals surface area (Å²) in [6, 6.07) is 0. The Bertz CT molecular complexity index is 203. The van der Waals surface area contributed by atoms with Gasteiger partial charge in [0, 0.05) is 32.7 Å². The predicted molar refractivity (Wildman–Crippen MR) is 63.6 cm³/mol. The van der Waals surface area contributed by atoms with Crippen LogP contribution in [0.5, 0.6) is 0 Å². The number of unbranched alkanes of at least 4 members (excludes halogenated alkanes) is 1. The lowest BCUT2D eigenvalue weighted by Gasteiger charge is -2.32. The van der Waals surface area contributed by atoms with Gasteiger partial charge >= 0.3 is 6.09 Å². The van der Waals surface area contributed by atoms with Crippen LogP contribution in [0.3, 0.4) is 0 Å². The summed E-state index contributed by atoms with van der Waals surface area (Å²) in [5, 5.41) is 2.69. The third-order valence-corrected chi connectivity index (χ3v) is 2.95. The first-order valence-corrected chi connectivity index (χ1v) is 5.95. The molecule has 1 heterocycles. The van der Waals surface area contributed by atoms with E-state index in [1.165, 1.54) is 33.3 Å². The lowest BCUT2D eigenvalue weighted by Crippen LogP contribution is -2.44. The summed E-state index contributed by atoms with van der Waals surface area (Å²) < 4.78 is 4.49. The van der Waals surface area contributed by atoms with Crippen LogP contribution >= 0.6 is 0 Å². The van der Waals surface area contributed by atoms with Crippen molar-refractivity contribution in [3.8, 4) is 0 Å². The number of ether oxygens (including phenoxy) is 1. The van der Waals surface area contributed by atoms with Crippen LogP contribution in [0.2, 0.25) is 0 Å². The number of hydrogen-bond acceptors (Lipinski definition) is 4. The maximum Gasteiger partial charge on any atom is 0.406 e. The lowest BCUT2D eigenvalue weighted by atomic mass is 10.2. The molecule has 1 fully saturated rings. The lowest BCUT2D eigenvalue weighted by molar-refractivity contribution is 0.151. The van der Waals surface area contributed by atoms with E-state index >= 15 is 0 Å². The molecule has 0 bridgehead atoms. The van der Waals surface area contributed by atoms with Gasteiger partial charge in [-0.15, -0.1) is 0 Å². The van der Waals surface area contributed by atoms with Crippen molar-refractivity contribution in [1.29, 1.82) is 0 Å². The van der Waals surface area contributed by atoms with Crippen molar-refractivity contribution in [2.75, 3.05) is 53.4 Å². The fourth-order valence-electron chi connectivity index (χ4n) is 1.79. The van der Waals surface area contributed by atoms with Gasteiger partial charge in [0.1, 0.15) is 0 Å². The Morgan fingerprint density at radius 3 is 2.56 bits per heavy atom. The second kappa shape index (κ2) is 7.46. The van der Waals surface area contributed by atoms with E-state index in [0.29, 0.717) is 6.54 Å². The number of alkyl carbamates (subject to hydrolysis) is 1. The normalized spacial score (nSPS) is 18.4. The van der Waals surface area contributed by atoms with E-state index < -0.39 is 0 Å². The monoisotopic (exact) mass is 229 g/mol. The van der Waals surface area contributed by atoms with Gasteiger partial charge in [-0.05, 0) is 26.4 Å². The first kappa shape index (κ1) is 13.3. The van der Waals surface area contributed by atoms with Crippen molar-refractivity contribution in [2.45, 2.75) is 12.8 Å². The van der Waals surface area contributed by atoms with E-state index in [-0.39, 0.29) is 6.09 Å². The number of nitrogens with zero attached hydrogens (tertiary/aromatic N) is 2. The zero-order chi connectivity index (χ0) is 11.8. The molecule has 1 amide bonds. The number of carbonyl (C=O) groups is 1. The molecule has 0 spiro atoms. The first-order valence-electron chi connectivity index (χ1n) is 5.95. The van der Waals surface area contributed by atoms with E-state index in [1.54, 1.807) is 0 Å². The number of amides is 1. The summed E-state index contributed by atoms with van der Waals surface area (Å²) in [6.07, 6.45) is 1.81. The van der Waals surface area contributed by atoms with E-state index in [2.05, 4.69) is 26.9 Å². The summed E-state index contributed by atoms with van der Waals surface area (Å²) in [4.78, 5) is 15.6. The molecule has 0 saturated carbocycles. The third kappa shape index (κ3) is 5.32. The van der Waals surface area contributed by atoms with Crippen molar-refractivity contribution in [3.05, 3.63) is 0 Å². The van der Waals surface area contributed by atoms with Gasteiger partial charge in [-0.2, -0.15) is 0 Å².